The molecular formula is C30H41N7O2. The summed E-state index contributed by atoms with van der Waals surface area (Å²) in [5.41, 5.74) is 10.2. The number of fused-ring (bicyclic) bond motifs is 1. The second kappa shape index (κ2) is 12.7. The minimum absolute atomic E-state index is 0.0869. The molecule has 1 aromatic heterocycles. The highest BCUT2D eigenvalue weighted by Crippen LogP contribution is 2.25. The number of hydrogen-bond acceptors (Lipinski definition) is 6. The number of nitrogens with zero attached hydrogens (tertiary/aromatic N) is 4. The molecule has 5 rings (SSSR count). The molecule has 0 spiro atoms. The molecule has 1 unspecified atom stereocenters. The first-order chi connectivity index (χ1) is 19.0. The number of aromatic nitrogens is 3. The van der Waals surface area contributed by atoms with Crippen LogP contribution in [0.3, 0.4) is 0 Å². The summed E-state index contributed by atoms with van der Waals surface area (Å²) in [6, 6.07) is 14.8. The fourth-order valence-corrected chi connectivity index (χ4v) is 6.01. The highest BCUT2D eigenvalue weighted by molar-refractivity contribution is 5.90. The predicted octanol–water partition coefficient (Wildman–Crippen LogP) is 2.68. The average molecular weight is 532 g/mol. The molecule has 9 nitrogen and oxygen atoms in total. The second-order valence-electron chi connectivity index (χ2n) is 11.2. The lowest BCUT2D eigenvalue weighted by atomic mass is 9.89. The smallest absolute Gasteiger partial charge is 0.243 e. The number of carbonyl (C=O) groups is 2. The van der Waals surface area contributed by atoms with Crippen molar-refractivity contribution in [1.82, 2.24) is 30.5 Å². The van der Waals surface area contributed by atoms with E-state index in [0.29, 0.717) is 31.8 Å². The van der Waals surface area contributed by atoms with Crippen LogP contribution in [0.25, 0.3) is 11.0 Å². The summed E-state index contributed by atoms with van der Waals surface area (Å²) in [4.78, 5) is 28.7. The van der Waals surface area contributed by atoms with Crippen LogP contribution in [-0.2, 0) is 29.6 Å². The van der Waals surface area contributed by atoms with E-state index >= 15 is 0 Å². The molecule has 3 aromatic rings. The van der Waals surface area contributed by atoms with Crippen molar-refractivity contribution in [2.45, 2.75) is 76.0 Å². The van der Waals surface area contributed by atoms with E-state index in [-0.39, 0.29) is 17.9 Å². The number of rotatable bonds is 10. The zero-order valence-corrected chi connectivity index (χ0v) is 22.9. The second-order valence-corrected chi connectivity index (χ2v) is 11.2. The molecule has 2 amide bonds. The lowest BCUT2D eigenvalue weighted by Crippen LogP contribution is -2.51. The Morgan fingerprint density at radius 1 is 1.08 bits per heavy atom. The van der Waals surface area contributed by atoms with Crippen molar-refractivity contribution < 1.29 is 9.59 Å². The molecule has 0 radical (unpaired) electrons. The van der Waals surface area contributed by atoms with Gasteiger partial charge in [-0.3, -0.25) is 9.59 Å². The van der Waals surface area contributed by atoms with Gasteiger partial charge in [-0.05, 0) is 67.8 Å². The summed E-state index contributed by atoms with van der Waals surface area (Å²) < 4.78 is 1.72. The van der Waals surface area contributed by atoms with Crippen molar-refractivity contribution in [3.8, 4) is 0 Å². The van der Waals surface area contributed by atoms with E-state index < -0.39 is 12.1 Å². The molecule has 0 bridgehead atoms. The van der Waals surface area contributed by atoms with Crippen molar-refractivity contribution in [2.24, 2.45) is 18.7 Å². The summed E-state index contributed by atoms with van der Waals surface area (Å²) in [5, 5.41) is 15.0. The molecule has 1 saturated carbocycles. The molecule has 2 fully saturated rings. The van der Waals surface area contributed by atoms with Gasteiger partial charge in [-0.1, -0.05) is 60.9 Å². The number of carbonyl (C=O) groups excluding carboxylic acids is 2. The van der Waals surface area contributed by atoms with Gasteiger partial charge in [-0.25, -0.2) is 4.68 Å². The summed E-state index contributed by atoms with van der Waals surface area (Å²) in [5.74, 6) is 0.397. The van der Waals surface area contributed by atoms with Crippen LogP contribution in [0.2, 0.25) is 0 Å². The van der Waals surface area contributed by atoms with Gasteiger partial charge in [0.05, 0.1) is 11.6 Å². The van der Waals surface area contributed by atoms with Gasteiger partial charge in [0.25, 0.3) is 0 Å². The normalized spacial score (nSPS) is 20.8. The Labute approximate surface area is 230 Å². The van der Waals surface area contributed by atoms with Crippen molar-refractivity contribution in [2.75, 3.05) is 13.1 Å². The van der Waals surface area contributed by atoms with E-state index in [1.165, 1.54) is 32.1 Å². The first kappa shape index (κ1) is 27.3. The third-order valence-electron chi connectivity index (χ3n) is 8.35. The molecular weight excluding hydrogens is 490 g/mol. The molecule has 2 aliphatic rings. The van der Waals surface area contributed by atoms with Gasteiger partial charge in [-0.2, -0.15) is 0 Å². The molecule has 1 aliphatic heterocycles. The van der Waals surface area contributed by atoms with Gasteiger partial charge in [0.15, 0.2) is 0 Å². The van der Waals surface area contributed by atoms with Gasteiger partial charge in [-0.15, -0.1) is 5.10 Å². The Morgan fingerprint density at radius 2 is 1.87 bits per heavy atom. The number of benzene rings is 2. The molecule has 39 heavy (non-hydrogen) atoms. The standard InChI is InChI=1S/C30H41N7O2/c1-36-27-15-13-23(16-26(27)34-35-36)19-33-29(38)28-17-24(32-18-22-10-6-3-7-11-22)20-37(28)30(39)25(31)14-12-21-8-4-2-5-9-21/h2,4-5,8-9,13,15-16,22,24-25,28,32H,3,6-7,10-12,14,17-20,31H2,1H3,(H,33,38)/t24?,25-,28+/m1/s1. The van der Waals surface area contributed by atoms with Gasteiger partial charge >= 0.3 is 0 Å². The monoisotopic (exact) mass is 531 g/mol. The minimum Gasteiger partial charge on any atom is -0.350 e. The molecule has 1 saturated heterocycles. The maximum atomic E-state index is 13.5. The molecule has 2 heterocycles. The largest absolute Gasteiger partial charge is 0.350 e. The molecule has 1 aliphatic carbocycles. The van der Waals surface area contributed by atoms with Crippen molar-refractivity contribution >= 4 is 22.8 Å². The summed E-state index contributed by atoms with van der Waals surface area (Å²) >= 11 is 0. The van der Waals surface area contributed by atoms with Crippen molar-refractivity contribution in [3.63, 3.8) is 0 Å². The highest BCUT2D eigenvalue weighted by atomic mass is 16.2. The van der Waals surface area contributed by atoms with Gasteiger partial charge < -0.3 is 21.3 Å². The first-order valence-corrected chi connectivity index (χ1v) is 14.4. The Balaban J connectivity index is 1.22. The third kappa shape index (κ3) is 6.83. The summed E-state index contributed by atoms with van der Waals surface area (Å²) in [6.45, 7) is 1.82. The van der Waals surface area contributed by atoms with Gasteiger partial charge in [0.2, 0.25) is 11.8 Å². The van der Waals surface area contributed by atoms with E-state index in [4.69, 9.17) is 5.73 Å². The Kier molecular flexibility index (Phi) is 8.88. The fraction of sp³-hybridized carbons (Fsp3) is 0.533. The predicted molar refractivity (Wildman–Crippen MR) is 152 cm³/mol. The first-order valence-electron chi connectivity index (χ1n) is 14.4. The lowest BCUT2D eigenvalue weighted by molar-refractivity contribution is -0.139. The maximum Gasteiger partial charge on any atom is 0.243 e. The summed E-state index contributed by atoms with van der Waals surface area (Å²) in [6.07, 6.45) is 8.30. The number of nitrogens with one attached hydrogen (secondary N) is 2. The van der Waals surface area contributed by atoms with Gasteiger partial charge in [0, 0.05) is 26.2 Å². The zero-order chi connectivity index (χ0) is 27.2. The van der Waals surface area contributed by atoms with Crippen LogP contribution < -0.4 is 16.4 Å². The van der Waals surface area contributed by atoms with E-state index in [9.17, 15) is 9.59 Å². The van der Waals surface area contributed by atoms with Crippen LogP contribution >= 0.6 is 0 Å². The number of hydrogen-bond donors (Lipinski definition) is 3. The number of aryl methyl sites for hydroxylation is 2. The van der Waals surface area contributed by atoms with Crippen LogP contribution in [0.15, 0.2) is 48.5 Å². The van der Waals surface area contributed by atoms with Crippen molar-refractivity contribution in [1.29, 1.82) is 0 Å². The van der Waals surface area contributed by atoms with Crippen molar-refractivity contribution in [3.05, 3.63) is 59.7 Å². The SMILES string of the molecule is Cn1nnc2cc(CNC(=O)[C@@H]3CC(NCC4CCCCC4)CN3C(=O)[C@H](N)CCc3ccccc3)ccc21. The topological polar surface area (TPSA) is 118 Å². The molecule has 4 N–H and O–H groups in total. The van der Waals surface area contributed by atoms with Crippen LogP contribution in [0.1, 0.15) is 56.1 Å². The van der Waals surface area contributed by atoms with E-state index in [2.05, 4.69) is 20.9 Å². The quantitative estimate of drug-likeness (QED) is 0.370. The van der Waals surface area contributed by atoms with Crippen LogP contribution in [0, 0.1) is 5.92 Å². The molecule has 208 valence electrons. The Bertz CT molecular complexity index is 1250. The highest BCUT2D eigenvalue weighted by Gasteiger charge is 2.40. The maximum absolute atomic E-state index is 13.5. The Morgan fingerprint density at radius 3 is 2.67 bits per heavy atom. The Hall–Kier alpha value is -3.30. The zero-order valence-electron chi connectivity index (χ0n) is 22.9. The minimum atomic E-state index is -0.642. The number of nitrogens with two attached hydrogens (primary N) is 1. The number of amides is 2. The van der Waals surface area contributed by atoms with Crippen LogP contribution in [0.5, 0.6) is 0 Å². The molecule has 3 atom stereocenters. The van der Waals surface area contributed by atoms with E-state index in [1.54, 1.807) is 9.58 Å². The number of likely N-dealkylation sites (tertiary alicyclic amines) is 1. The third-order valence-corrected chi connectivity index (χ3v) is 8.35. The summed E-state index contributed by atoms with van der Waals surface area (Å²) in [7, 11) is 1.85. The van der Waals surface area contributed by atoms with Gasteiger partial charge in [0.1, 0.15) is 11.6 Å². The fourth-order valence-electron chi connectivity index (χ4n) is 6.01. The molecule has 2 aromatic carbocycles. The lowest BCUT2D eigenvalue weighted by Gasteiger charge is -2.27. The van der Waals surface area contributed by atoms with E-state index in [1.807, 2.05) is 55.6 Å². The van der Waals surface area contributed by atoms with E-state index in [0.717, 1.165) is 35.1 Å². The van der Waals surface area contributed by atoms with Crippen LogP contribution in [-0.4, -0.2) is 62.9 Å². The van der Waals surface area contributed by atoms with Crippen LogP contribution in [0.4, 0.5) is 0 Å². The molecule has 9 heteroatoms. The average Bonchev–Trinajstić information content (AvgIpc) is 3.57.